The lowest BCUT2D eigenvalue weighted by molar-refractivity contribution is -0.123. The molecule has 1 aliphatic heterocycles. The first-order valence-corrected chi connectivity index (χ1v) is 13.0. The van der Waals surface area contributed by atoms with Crippen LogP contribution in [0.5, 0.6) is 5.75 Å². The van der Waals surface area contributed by atoms with E-state index in [1.807, 2.05) is 27.7 Å². The second-order valence-electron chi connectivity index (χ2n) is 11.6. The van der Waals surface area contributed by atoms with E-state index in [4.69, 9.17) is 0 Å². The summed E-state index contributed by atoms with van der Waals surface area (Å²) in [7, 11) is 0. The number of likely N-dealkylation sites (tertiary alicyclic amines) is 1. The Labute approximate surface area is 224 Å². The molecule has 0 bridgehead atoms. The molecule has 0 radical (unpaired) electrons. The Morgan fingerprint density at radius 3 is 2.67 bits per heavy atom. The molecule has 11 heteroatoms. The number of rotatable bonds is 4. The summed E-state index contributed by atoms with van der Waals surface area (Å²) in [5, 5.41) is 40.4. The molecule has 2 amide bonds. The largest absolute Gasteiger partial charge is 0.508 e. The second-order valence-corrected chi connectivity index (χ2v) is 11.6. The van der Waals surface area contributed by atoms with Gasteiger partial charge in [0.05, 0.1) is 11.3 Å². The van der Waals surface area contributed by atoms with Gasteiger partial charge in [-0.15, -0.1) is 0 Å². The summed E-state index contributed by atoms with van der Waals surface area (Å²) in [4.78, 5) is 31.1. The third-order valence-electron chi connectivity index (χ3n) is 7.93. The number of H-pyrrole nitrogens is 1. The number of aromatic hydroxyl groups is 1. The standard InChI is InChI=1S/C28H31FN6O4/c1-13-22-23(19(12-30)24(32-25(22)34-33-13)16-6-5-15(36)10-20(16)29)17-11-18(17)26(37)31-14-7-8-35(27(38)39)21(9-14)28(2,3)4/h5-6,10,14,17-18,21,36H,7-9,11H2,1-4H3,(H,31,37)(H,38,39)(H,32,33,34)/t14?,17-,18-,21?/m1/s1. The first-order valence-electron chi connectivity index (χ1n) is 13.0. The molecule has 2 fully saturated rings. The molecule has 3 heterocycles. The Balaban J connectivity index is 1.44. The monoisotopic (exact) mass is 534 g/mol. The number of nitrogens with one attached hydrogen (secondary N) is 2. The van der Waals surface area contributed by atoms with Gasteiger partial charge in [0.2, 0.25) is 5.91 Å². The van der Waals surface area contributed by atoms with E-state index in [9.17, 15) is 29.5 Å². The number of carboxylic acid groups (broad SMARTS) is 1. The van der Waals surface area contributed by atoms with Gasteiger partial charge in [0.15, 0.2) is 5.65 Å². The number of carbonyl (C=O) groups excluding carboxylic acids is 1. The average Bonchev–Trinajstić information content (AvgIpc) is 3.58. The highest BCUT2D eigenvalue weighted by Crippen LogP contribution is 2.52. The van der Waals surface area contributed by atoms with Crippen LogP contribution >= 0.6 is 0 Å². The van der Waals surface area contributed by atoms with Crippen molar-refractivity contribution in [1.82, 2.24) is 25.4 Å². The van der Waals surface area contributed by atoms with Crippen LogP contribution in [0.1, 0.15) is 62.8 Å². The van der Waals surface area contributed by atoms with Crippen LogP contribution in [0.25, 0.3) is 22.3 Å². The highest BCUT2D eigenvalue weighted by Gasteiger charge is 2.48. The first kappa shape index (κ1) is 26.4. The van der Waals surface area contributed by atoms with Crippen molar-refractivity contribution in [3.05, 3.63) is 40.8 Å². The van der Waals surface area contributed by atoms with Crippen molar-refractivity contribution in [2.24, 2.45) is 11.3 Å². The predicted octanol–water partition coefficient (Wildman–Crippen LogP) is 4.43. The number of halogens is 1. The zero-order valence-electron chi connectivity index (χ0n) is 22.2. The minimum atomic E-state index is -0.955. The number of amides is 2. The van der Waals surface area contributed by atoms with E-state index >= 15 is 0 Å². The van der Waals surface area contributed by atoms with Crippen molar-refractivity contribution in [2.45, 2.75) is 65.0 Å². The van der Waals surface area contributed by atoms with Crippen LogP contribution < -0.4 is 5.32 Å². The number of aromatic nitrogens is 3. The molecule has 0 spiro atoms. The first-order chi connectivity index (χ1) is 18.4. The third kappa shape index (κ3) is 4.75. The average molecular weight is 535 g/mol. The summed E-state index contributed by atoms with van der Waals surface area (Å²) in [6, 6.07) is 5.46. The number of nitrogens with zero attached hydrogens (tertiary/aromatic N) is 4. The highest BCUT2D eigenvalue weighted by atomic mass is 19.1. The molecule has 1 saturated carbocycles. The van der Waals surface area contributed by atoms with Crippen molar-refractivity contribution in [3.8, 4) is 23.1 Å². The molecule has 2 aromatic heterocycles. The van der Waals surface area contributed by atoms with E-state index < -0.39 is 11.9 Å². The number of phenolic OH excluding ortho intramolecular Hbond substituents is 1. The molecule has 1 aromatic carbocycles. The fourth-order valence-corrected chi connectivity index (χ4v) is 5.87. The van der Waals surface area contributed by atoms with Crippen LogP contribution in [-0.2, 0) is 4.79 Å². The van der Waals surface area contributed by atoms with E-state index in [1.54, 1.807) is 0 Å². The van der Waals surface area contributed by atoms with Crippen LogP contribution in [0.2, 0.25) is 0 Å². The van der Waals surface area contributed by atoms with E-state index in [0.29, 0.717) is 48.1 Å². The van der Waals surface area contributed by atoms with Crippen LogP contribution in [0.15, 0.2) is 18.2 Å². The second kappa shape index (κ2) is 9.52. The Morgan fingerprint density at radius 1 is 1.28 bits per heavy atom. The molecule has 204 valence electrons. The zero-order valence-corrected chi connectivity index (χ0v) is 22.2. The Morgan fingerprint density at radius 2 is 2.03 bits per heavy atom. The summed E-state index contributed by atoms with van der Waals surface area (Å²) in [5.74, 6) is -1.77. The maximum Gasteiger partial charge on any atom is 0.407 e. The molecule has 1 aliphatic carbocycles. The summed E-state index contributed by atoms with van der Waals surface area (Å²) in [6.45, 7) is 8.14. The maximum atomic E-state index is 14.8. The smallest absolute Gasteiger partial charge is 0.407 e. The lowest BCUT2D eigenvalue weighted by atomic mass is 9.79. The molecule has 2 unspecified atom stereocenters. The Hall–Kier alpha value is -4.20. The van der Waals surface area contributed by atoms with Gasteiger partial charge in [-0.25, -0.2) is 14.2 Å². The topological polar surface area (TPSA) is 155 Å². The molecule has 4 atom stereocenters. The zero-order chi connectivity index (χ0) is 28.2. The molecule has 4 N–H and O–H groups in total. The molecule has 3 aromatic rings. The van der Waals surface area contributed by atoms with Gasteiger partial charge in [-0.2, -0.15) is 10.4 Å². The van der Waals surface area contributed by atoms with Gasteiger partial charge in [-0.3, -0.25) is 9.89 Å². The number of hydrogen-bond donors (Lipinski definition) is 4. The summed E-state index contributed by atoms with van der Waals surface area (Å²) in [5.41, 5.74) is 1.71. The number of pyridine rings is 1. The van der Waals surface area contributed by atoms with Gasteiger partial charge < -0.3 is 20.4 Å². The van der Waals surface area contributed by atoms with E-state index in [2.05, 4.69) is 26.6 Å². The number of piperidine rings is 1. The number of phenols is 1. The summed E-state index contributed by atoms with van der Waals surface area (Å²) >= 11 is 0. The molecule has 2 aliphatic rings. The van der Waals surface area contributed by atoms with Gasteiger partial charge in [-0.05, 0) is 55.2 Å². The van der Waals surface area contributed by atoms with Crippen LogP contribution in [0.3, 0.4) is 0 Å². The lowest BCUT2D eigenvalue weighted by Gasteiger charge is -2.44. The molecule has 39 heavy (non-hydrogen) atoms. The van der Waals surface area contributed by atoms with Gasteiger partial charge in [0.1, 0.15) is 17.6 Å². The van der Waals surface area contributed by atoms with Crippen molar-refractivity contribution in [1.29, 1.82) is 5.26 Å². The van der Waals surface area contributed by atoms with Crippen LogP contribution in [-0.4, -0.2) is 60.9 Å². The molecule has 10 nitrogen and oxygen atoms in total. The van der Waals surface area contributed by atoms with E-state index in [1.165, 1.54) is 17.0 Å². The van der Waals surface area contributed by atoms with Crippen molar-refractivity contribution >= 4 is 23.0 Å². The van der Waals surface area contributed by atoms with E-state index in [0.717, 1.165) is 6.07 Å². The van der Waals surface area contributed by atoms with Crippen LogP contribution in [0, 0.1) is 35.4 Å². The number of carbonyl (C=O) groups is 2. The van der Waals surface area contributed by atoms with Gasteiger partial charge in [0, 0.05) is 47.3 Å². The normalized spacial score (nSPS) is 22.9. The molecular weight excluding hydrogens is 503 g/mol. The lowest BCUT2D eigenvalue weighted by Crippen LogP contribution is -2.56. The van der Waals surface area contributed by atoms with E-state index in [-0.39, 0.29) is 57.8 Å². The van der Waals surface area contributed by atoms with Gasteiger partial charge in [0.25, 0.3) is 0 Å². The fraction of sp³-hybridized carbons (Fsp3) is 0.464. The van der Waals surface area contributed by atoms with Gasteiger partial charge >= 0.3 is 6.09 Å². The molecule has 5 rings (SSSR count). The highest BCUT2D eigenvalue weighted by molar-refractivity contribution is 5.92. The minimum absolute atomic E-state index is 0.0632. The number of aromatic amines is 1. The number of aryl methyl sites for hydroxylation is 1. The fourth-order valence-electron chi connectivity index (χ4n) is 5.87. The third-order valence-corrected chi connectivity index (χ3v) is 7.93. The number of nitriles is 1. The molecular formula is C28H31FN6O4. The molecule has 1 saturated heterocycles. The Kier molecular flexibility index (Phi) is 6.45. The predicted molar refractivity (Wildman–Crippen MR) is 140 cm³/mol. The van der Waals surface area contributed by atoms with Crippen molar-refractivity contribution < 1.29 is 24.2 Å². The van der Waals surface area contributed by atoms with Crippen molar-refractivity contribution in [2.75, 3.05) is 6.54 Å². The summed E-state index contributed by atoms with van der Waals surface area (Å²) in [6.07, 6.45) is 0.602. The van der Waals surface area contributed by atoms with Crippen molar-refractivity contribution in [3.63, 3.8) is 0 Å². The Bertz CT molecular complexity index is 1520. The number of fused-ring (bicyclic) bond motifs is 1. The minimum Gasteiger partial charge on any atom is -0.508 e. The number of benzene rings is 1. The quantitative estimate of drug-likeness (QED) is 0.386. The summed E-state index contributed by atoms with van der Waals surface area (Å²) < 4.78 is 14.8. The maximum absolute atomic E-state index is 14.8. The van der Waals surface area contributed by atoms with Gasteiger partial charge in [-0.1, -0.05) is 20.8 Å². The number of hydrogen-bond acceptors (Lipinski definition) is 6. The van der Waals surface area contributed by atoms with Crippen LogP contribution in [0.4, 0.5) is 9.18 Å². The SMILES string of the molecule is Cc1[nH]nc2nc(-c3ccc(O)cc3F)c(C#N)c([C@@H]3C[C@H]3C(=O)NC3CCN(C(=O)O)C(C(C)(C)C)C3)c12.